The number of amides is 1. The molecule has 0 radical (unpaired) electrons. The Kier molecular flexibility index (Phi) is 5.19. The number of hydrogen-bond acceptors (Lipinski definition) is 5. The van der Waals surface area contributed by atoms with Crippen LogP contribution in [0, 0.1) is 10.1 Å². The van der Waals surface area contributed by atoms with Crippen LogP contribution in [0.15, 0.2) is 24.3 Å². The standard InChI is InChI=1S/C14H19N3O3S/c1-10(11-4-3-5-12(8-11)17(19)20)16(2)14(18)13-9-21-7-6-15-13/h3-5,8,10,13,15H,6-7,9H2,1-2H3. The molecular formula is C14H19N3O3S. The summed E-state index contributed by atoms with van der Waals surface area (Å²) in [6.07, 6.45) is 0. The Morgan fingerprint density at radius 2 is 2.33 bits per heavy atom. The van der Waals surface area contributed by atoms with Crippen LogP contribution in [0.2, 0.25) is 0 Å². The molecule has 6 nitrogen and oxygen atoms in total. The van der Waals surface area contributed by atoms with Crippen LogP contribution in [0.1, 0.15) is 18.5 Å². The normalized spacial score (nSPS) is 19.8. The molecule has 1 saturated heterocycles. The van der Waals surface area contributed by atoms with Crippen LogP contribution < -0.4 is 5.32 Å². The summed E-state index contributed by atoms with van der Waals surface area (Å²) in [7, 11) is 1.74. The number of thioether (sulfide) groups is 1. The van der Waals surface area contributed by atoms with E-state index >= 15 is 0 Å². The third-order valence-electron chi connectivity index (χ3n) is 3.71. The highest BCUT2D eigenvalue weighted by Gasteiger charge is 2.27. The van der Waals surface area contributed by atoms with Crippen molar-refractivity contribution < 1.29 is 9.72 Å². The maximum absolute atomic E-state index is 12.4. The molecule has 1 aromatic carbocycles. The molecule has 2 unspecified atom stereocenters. The van der Waals surface area contributed by atoms with Crippen molar-refractivity contribution in [3.63, 3.8) is 0 Å². The Morgan fingerprint density at radius 3 is 2.95 bits per heavy atom. The van der Waals surface area contributed by atoms with Crippen molar-refractivity contribution >= 4 is 23.4 Å². The van der Waals surface area contributed by atoms with Crippen LogP contribution >= 0.6 is 11.8 Å². The molecule has 1 fully saturated rings. The first-order valence-corrected chi connectivity index (χ1v) is 7.98. The molecule has 0 aromatic heterocycles. The number of carbonyl (C=O) groups is 1. The van der Waals surface area contributed by atoms with Crippen LogP contribution in [0.4, 0.5) is 5.69 Å². The Bertz CT molecular complexity index is 532. The van der Waals surface area contributed by atoms with Crippen molar-refractivity contribution in [2.24, 2.45) is 0 Å². The van der Waals surface area contributed by atoms with Gasteiger partial charge < -0.3 is 10.2 Å². The van der Waals surface area contributed by atoms with Gasteiger partial charge in [-0.2, -0.15) is 11.8 Å². The van der Waals surface area contributed by atoms with Crippen LogP contribution in [0.25, 0.3) is 0 Å². The Morgan fingerprint density at radius 1 is 1.57 bits per heavy atom. The van der Waals surface area contributed by atoms with E-state index < -0.39 is 4.92 Å². The largest absolute Gasteiger partial charge is 0.338 e. The van der Waals surface area contributed by atoms with Gasteiger partial charge in [-0.05, 0) is 12.5 Å². The van der Waals surface area contributed by atoms with Gasteiger partial charge in [0, 0.05) is 37.2 Å². The van der Waals surface area contributed by atoms with Crippen molar-refractivity contribution in [2.45, 2.75) is 19.0 Å². The van der Waals surface area contributed by atoms with E-state index in [0.29, 0.717) is 0 Å². The number of benzene rings is 1. The average molecular weight is 309 g/mol. The molecule has 0 aliphatic carbocycles. The van der Waals surface area contributed by atoms with Crippen molar-refractivity contribution in [3.05, 3.63) is 39.9 Å². The topological polar surface area (TPSA) is 75.5 Å². The zero-order valence-corrected chi connectivity index (χ0v) is 12.9. The summed E-state index contributed by atoms with van der Waals surface area (Å²) in [6, 6.07) is 6.07. The second-order valence-corrected chi connectivity index (χ2v) is 6.21. The summed E-state index contributed by atoms with van der Waals surface area (Å²) in [6.45, 7) is 2.72. The quantitative estimate of drug-likeness (QED) is 0.678. The molecule has 7 heteroatoms. The van der Waals surface area contributed by atoms with E-state index in [2.05, 4.69) is 5.32 Å². The molecule has 1 aliphatic heterocycles. The highest BCUT2D eigenvalue weighted by Crippen LogP contribution is 2.24. The minimum absolute atomic E-state index is 0.0289. The van der Waals surface area contributed by atoms with Gasteiger partial charge in [0.25, 0.3) is 5.69 Å². The van der Waals surface area contributed by atoms with E-state index in [0.717, 1.165) is 23.6 Å². The molecule has 21 heavy (non-hydrogen) atoms. The highest BCUT2D eigenvalue weighted by atomic mass is 32.2. The van der Waals surface area contributed by atoms with E-state index in [4.69, 9.17) is 0 Å². The summed E-state index contributed by atoms with van der Waals surface area (Å²) >= 11 is 1.76. The fraction of sp³-hybridized carbons (Fsp3) is 0.500. The van der Waals surface area contributed by atoms with Crippen LogP contribution in [0.5, 0.6) is 0 Å². The lowest BCUT2D eigenvalue weighted by atomic mass is 10.1. The minimum Gasteiger partial charge on any atom is -0.338 e. The van der Waals surface area contributed by atoms with Crippen molar-refractivity contribution in [1.29, 1.82) is 0 Å². The molecule has 2 atom stereocenters. The van der Waals surface area contributed by atoms with E-state index in [1.165, 1.54) is 12.1 Å². The number of nitrogens with one attached hydrogen (secondary N) is 1. The first-order chi connectivity index (χ1) is 10.0. The molecule has 1 aliphatic rings. The van der Waals surface area contributed by atoms with E-state index in [1.807, 2.05) is 13.0 Å². The number of carbonyl (C=O) groups excluding carboxylic acids is 1. The van der Waals surface area contributed by atoms with E-state index in [-0.39, 0.29) is 23.7 Å². The van der Waals surface area contributed by atoms with Gasteiger partial charge in [0.2, 0.25) is 5.91 Å². The number of nitrogens with zero attached hydrogens (tertiary/aromatic N) is 2. The maximum Gasteiger partial charge on any atom is 0.269 e. The maximum atomic E-state index is 12.4. The minimum atomic E-state index is -0.419. The zero-order valence-electron chi connectivity index (χ0n) is 12.1. The SMILES string of the molecule is CC(c1cccc([N+](=O)[O-])c1)N(C)C(=O)C1CSCCN1. The van der Waals surface area contributed by atoms with Crippen molar-refractivity contribution in [3.8, 4) is 0 Å². The molecule has 114 valence electrons. The lowest BCUT2D eigenvalue weighted by molar-refractivity contribution is -0.384. The van der Waals surface area contributed by atoms with Crippen LogP contribution in [0.3, 0.4) is 0 Å². The first-order valence-electron chi connectivity index (χ1n) is 6.83. The average Bonchev–Trinajstić information content (AvgIpc) is 2.53. The summed E-state index contributed by atoms with van der Waals surface area (Å²) in [5.74, 6) is 1.82. The second-order valence-electron chi connectivity index (χ2n) is 5.06. The predicted molar refractivity (Wildman–Crippen MR) is 83.4 cm³/mol. The summed E-state index contributed by atoms with van der Waals surface area (Å²) < 4.78 is 0. The molecule has 1 heterocycles. The Balaban J connectivity index is 2.10. The number of nitro groups is 1. The molecule has 0 bridgehead atoms. The fourth-order valence-electron chi connectivity index (χ4n) is 2.28. The van der Waals surface area contributed by atoms with Gasteiger partial charge in [-0.25, -0.2) is 0 Å². The number of rotatable bonds is 4. The number of hydrogen-bond donors (Lipinski definition) is 1. The second kappa shape index (κ2) is 6.91. The Labute approximate surface area is 128 Å². The molecule has 2 rings (SSSR count). The summed E-state index contributed by atoms with van der Waals surface area (Å²) in [5.41, 5.74) is 0.815. The number of likely N-dealkylation sites (N-methyl/N-ethyl adjacent to an activating group) is 1. The number of non-ortho nitro benzene ring substituents is 1. The lowest BCUT2D eigenvalue weighted by Gasteiger charge is -2.31. The third-order valence-corrected chi connectivity index (χ3v) is 4.77. The van der Waals surface area contributed by atoms with Gasteiger partial charge in [-0.3, -0.25) is 14.9 Å². The monoisotopic (exact) mass is 309 g/mol. The van der Waals surface area contributed by atoms with Gasteiger partial charge in [-0.1, -0.05) is 12.1 Å². The molecular weight excluding hydrogens is 290 g/mol. The molecule has 1 N–H and O–H groups in total. The van der Waals surface area contributed by atoms with E-state index in [1.54, 1.807) is 29.8 Å². The van der Waals surface area contributed by atoms with Gasteiger partial charge >= 0.3 is 0 Å². The van der Waals surface area contributed by atoms with E-state index in [9.17, 15) is 14.9 Å². The first kappa shape index (κ1) is 15.8. The predicted octanol–water partition coefficient (Wildman–Crippen LogP) is 1.82. The molecule has 0 spiro atoms. The van der Waals surface area contributed by atoms with Gasteiger partial charge in [0.05, 0.1) is 17.0 Å². The smallest absolute Gasteiger partial charge is 0.269 e. The summed E-state index contributed by atoms with van der Waals surface area (Å²) in [4.78, 5) is 24.5. The van der Waals surface area contributed by atoms with Crippen molar-refractivity contribution in [2.75, 3.05) is 25.1 Å². The highest BCUT2D eigenvalue weighted by molar-refractivity contribution is 7.99. The van der Waals surface area contributed by atoms with Crippen molar-refractivity contribution in [1.82, 2.24) is 10.2 Å². The lowest BCUT2D eigenvalue weighted by Crippen LogP contribution is -2.49. The number of nitro benzene ring substituents is 1. The molecule has 0 saturated carbocycles. The third kappa shape index (κ3) is 3.74. The molecule has 1 amide bonds. The summed E-state index contributed by atoms with van der Waals surface area (Å²) in [5, 5.41) is 14.1. The molecule has 1 aromatic rings. The van der Waals surface area contributed by atoms with Crippen LogP contribution in [-0.4, -0.2) is 46.9 Å². The van der Waals surface area contributed by atoms with Gasteiger partial charge in [-0.15, -0.1) is 0 Å². The fourth-order valence-corrected chi connectivity index (χ4v) is 3.21. The zero-order chi connectivity index (χ0) is 15.4. The van der Waals surface area contributed by atoms with Gasteiger partial charge in [0.15, 0.2) is 0 Å². The van der Waals surface area contributed by atoms with Crippen LogP contribution in [-0.2, 0) is 4.79 Å². The van der Waals surface area contributed by atoms with Gasteiger partial charge in [0.1, 0.15) is 0 Å². The Hall–Kier alpha value is -1.60.